The van der Waals surface area contributed by atoms with Gasteiger partial charge in [-0.05, 0) is 48.0 Å². The lowest BCUT2D eigenvalue weighted by molar-refractivity contribution is -0.118. The van der Waals surface area contributed by atoms with Gasteiger partial charge in [0.05, 0.1) is 5.69 Å². The molecule has 0 spiro atoms. The molecule has 28 heavy (non-hydrogen) atoms. The first-order valence-electron chi connectivity index (χ1n) is 8.82. The van der Waals surface area contributed by atoms with Gasteiger partial charge in [-0.3, -0.25) is 9.59 Å². The summed E-state index contributed by atoms with van der Waals surface area (Å²) < 4.78 is 11.0. The first kappa shape index (κ1) is 17.6. The van der Waals surface area contributed by atoms with E-state index in [0.717, 1.165) is 11.3 Å². The highest BCUT2D eigenvalue weighted by Gasteiger charge is 2.16. The number of para-hydroxylation sites is 1. The van der Waals surface area contributed by atoms with Crippen LogP contribution in [0.5, 0.6) is 11.5 Å². The third-order valence-corrected chi connectivity index (χ3v) is 4.24. The monoisotopic (exact) mass is 374 g/mol. The Bertz CT molecular complexity index is 1000. The minimum atomic E-state index is -0.237. The van der Waals surface area contributed by atoms with Gasteiger partial charge < -0.3 is 20.1 Å². The zero-order valence-electron chi connectivity index (χ0n) is 15.0. The summed E-state index contributed by atoms with van der Waals surface area (Å²) in [6.45, 7) is 0.426. The van der Waals surface area contributed by atoms with Crippen LogP contribution in [0.2, 0.25) is 0 Å². The Hall–Kier alpha value is -3.80. The maximum absolute atomic E-state index is 12.5. The van der Waals surface area contributed by atoms with Gasteiger partial charge in [0.1, 0.15) is 18.1 Å². The molecule has 1 heterocycles. The number of hydrogen-bond acceptors (Lipinski definition) is 4. The molecule has 2 N–H and O–H groups in total. The summed E-state index contributed by atoms with van der Waals surface area (Å²) in [4.78, 5) is 23.9. The van der Waals surface area contributed by atoms with Crippen molar-refractivity contribution in [2.45, 2.75) is 6.61 Å². The predicted octanol–water partition coefficient (Wildman–Crippen LogP) is 3.85. The van der Waals surface area contributed by atoms with E-state index in [1.54, 1.807) is 30.3 Å². The Morgan fingerprint density at radius 3 is 2.61 bits per heavy atom. The van der Waals surface area contributed by atoms with E-state index in [2.05, 4.69) is 10.6 Å². The Balaban J connectivity index is 1.38. The van der Waals surface area contributed by atoms with Gasteiger partial charge in [-0.2, -0.15) is 0 Å². The van der Waals surface area contributed by atoms with Gasteiger partial charge in [-0.1, -0.05) is 30.3 Å². The lowest BCUT2D eigenvalue weighted by Gasteiger charge is -2.18. The largest absolute Gasteiger partial charge is 0.489 e. The average Bonchev–Trinajstić information content (AvgIpc) is 2.73. The number of carbonyl (C=O) groups is 2. The summed E-state index contributed by atoms with van der Waals surface area (Å²) in [7, 11) is 0. The smallest absolute Gasteiger partial charge is 0.262 e. The molecule has 6 heteroatoms. The summed E-state index contributed by atoms with van der Waals surface area (Å²) in [5.41, 5.74) is 2.61. The number of rotatable bonds is 5. The molecular formula is C22H18N2O4. The van der Waals surface area contributed by atoms with Gasteiger partial charge in [-0.15, -0.1) is 0 Å². The highest BCUT2D eigenvalue weighted by molar-refractivity contribution is 6.05. The molecule has 4 rings (SSSR count). The lowest BCUT2D eigenvalue weighted by Crippen LogP contribution is -2.25. The Labute approximate surface area is 162 Å². The molecule has 0 aromatic heterocycles. The van der Waals surface area contributed by atoms with Gasteiger partial charge in [0.25, 0.3) is 11.8 Å². The summed E-state index contributed by atoms with van der Waals surface area (Å²) >= 11 is 0. The highest BCUT2D eigenvalue weighted by atomic mass is 16.5. The van der Waals surface area contributed by atoms with Crippen LogP contribution >= 0.6 is 0 Å². The van der Waals surface area contributed by atoms with Crippen LogP contribution in [0, 0.1) is 0 Å². The van der Waals surface area contributed by atoms with Gasteiger partial charge in [0, 0.05) is 11.3 Å². The maximum atomic E-state index is 12.5. The number of carbonyl (C=O) groups excluding carboxylic acids is 2. The molecule has 1 aliphatic rings. The third kappa shape index (κ3) is 4.12. The van der Waals surface area contributed by atoms with E-state index in [0.29, 0.717) is 29.3 Å². The summed E-state index contributed by atoms with van der Waals surface area (Å²) in [5, 5.41) is 5.54. The van der Waals surface area contributed by atoms with Crippen LogP contribution < -0.4 is 20.1 Å². The van der Waals surface area contributed by atoms with Crippen molar-refractivity contribution >= 4 is 23.2 Å². The van der Waals surface area contributed by atoms with Crippen molar-refractivity contribution in [3.8, 4) is 11.5 Å². The first-order valence-corrected chi connectivity index (χ1v) is 8.82. The fourth-order valence-electron chi connectivity index (χ4n) is 2.80. The molecule has 2 amide bonds. The molecule has 1 aliphatic heterocycles. The van der Waals surface area contributed by atoms with Crippen LogP contribution in [-0.4, -0.2) is 18.4 Å². The van der Waals surface area contributed by atoms with Gasteiger partial charge in [0.15, 0.2) is 6.61 Å². The molecule has 0 unspecified atom stereocenters. The third-order valence-electron chi connectivity index (χ3n) is 4.24. The Morgan fingerprint density at radius 1 is 1.04 bits per heavy atom. The number of anilines is 2. The molecule has 0 radical (unpaired) electrons. The van der Waals surface area contributed by atoms with Crippen molar-refractivity contribution in [3.63, 3.8) is 0 Å². The fraction of sp³-hybridized carbons (Fsp3) is 0.0909. The quantitative estimate of drug-likeness (QED) is 0.711. The van der Waals surface area contributed by atoms with E-state index < -0.39 is 0 Å². The molecule has 6 nitrogen and oxygen atoms in total. The minimum absolute atomic E-state index is 0.000951. The normalized spacial score (nSPS) is 12.4. The number of hydrogen-bond donors (Lipinski definition) is 2. The maximum Gasteiger partial charge on any atom is 0.262 e. The molecule has 3 aromatic rings. The van der Waals surface area contributed by atoms with E-state index >= 15 is 0 Å². The van der Waals surface area contributed by atoms with Crippen molar-refractivity contribution < 1.29 is 19.1 Å². The molecule has 0 saturated heterocycles. The van der Waals surface area contributed by atoms with Crippen molar-refractivity contribution in [1.29, 1.82) is 0 Å². The number of ether oxygens (including phenoxy) is 2. The zero-order chi connectivity index (χ0) is 19.3. The highest BCUT2D eigenvalue weighted by Crippen LogP contribution is 2.30. The zero-order valence-corrected chi connectivity index (χ0v) is 15.0. The van der Waals surface area contributed by atoms with Crippen LogP contribution in [0.3, 0.4) is 0 Å². The molecule has 3 aromatic carbocycles. The summed E-state index contributed by atoms with van der Waals surface area (Å²) in [6, 6.07) is 21.9. The number of amides is 2. The molecule has 0 atom stereocenters. The molecule has 140 valence electrons. The number of fused-ring (bicyclic) bond motifs is 1. The Morgan fingerprint density at radius 2 is 1.82 bits per heavy atom. The van der Waals surface area contributed by atoms with Crippen LogP contribution in [0.25, 0.3) is 0 Å². The molecule has 0 fully saturated rings. The second-order valence-electron chi connectivity index (χ2n) is 6.30. The van der Waals surface area contributed by atoms with Crippen LogP contribution in [0.15, 0.2) is 72.8 Å². The molecule has 0 aliphatic carbocycles. The van der Waals surface area contributed by atoms with Gasteiger partial charge in [0.2, 0.25) is 0 Å². The van der Waals surface area contributed by atoms with Crippen LogP contribution in [0.1, 0.15) is 15.9 Å². The SMILES string of the molecule is O=C1COc2ccc(NC(=O)c3ccc(COc4ccccc4)cc3)cc2N1. The minimum Gasteiger partial charge on any atom is -0.489 e. The van der Waals surface area contributed by atoms with Crippen molar-refractivity contribution in [2.24, 2.45) is 0 Å². The van der Waals surface area contributed by atoms with E-state index in [-0.39, 0.29) is 18.4 Å². The van der Waals surface area contributed by atoms with Crippen LogP contribution in [0.4, 0.5) is 11.4 Å². The predicted molar refractivity (Wildman–Crippen MR) is 106 cm³/mol. The molecule has 0 bridgehead atoms. The van der Waals surface area contributed by atoms with E-state index in [1.807, 2.05) is 42.5 Å². The fourth-order valence-corrected chi connectivity index (χ4v) is 2.80. The first-order chi connectivity index (χ1) is 13.7. The second kappa shape index (κ2) is 7.84. The second-order valence-corrected chi connectivity index (χ2v) is 6.30. The van der Waals surface area contributed by atoms with E-state index in [9.17, 15) is 9.59 Å². The number of nitrogens with one attached hydrogen (secondary N) is 2. The topological polar surface area (TPSA) is 76.7 Å². The van der Waals surface area contributed by atoms with E-state index in [1.165, 1.54) is 0 Å². The number of benzene rings is 3. The van der Waals surface area contributed by atoms with Crippen LogP contribution in [-0.2, 0) is 11.4 Å². The van der Waals surface area contributed by atoms with Crippen molar-refractivity contribution in [3.05, 3.63) is 83.9 Å². The average molecular weight is 374 g/mol. The molecular weight excluding hydrogens is 356 g/mol. The Kier molecular flexibility index (Phi) is 4.93. The standard InChI is InChI=1S/C22H18N2O4/c25-21-14-28-20-11-10-17(12-19(20)24-21)23-22(26)16-8-6-15(7-9-16)13-27-18-4-2-1-3-5-18/h1-12H,13-14H2,(H,23,26)(H,24,25). The van der Waals surface area contributed by atoms with Gasteiger partial charge >= 0.3 is 0 Å². The molecule has 0 saturated carbocycles. The van der Waals surface area contributed by atoms with Crippen molar-refractivity contribution in [1.82, 2.24) is 0 Å². The van der Waals surface area contributed by atoms with E-state index in [4.69, 9.17) is 9.47 Å². The lowest BCUT2D eigenvalue weighted by atomic mass is 10.1. The summed E-state index contributed by atoms with van der Waals surface area (Å²) in [5.74, 6) is 0.927. The van der Waals surface area contributed by atoms with Gasteiger partial charge in [-0.25, -0.2) is 0 Å². The summed E-state index contributed by atoms with van der Waals surface area (Å²) in [6.07, 6.45) is 0. The van der Waals surface area contributed by atoms with Crippen molar-refractivity contribution in [2.75, 3.05) is 17.2 Å².